The summed E-state index contributed by atoms with van der Waals surface area (Å²) in [4.78, 5) is 14.4. The summed E-state index contributed by atoms with van der Waals surface area (Å²) in [6.45, 7) is 2.20. The van der Waals surface area contributed by atoms with Crippen LogP contribution in [0.1, 0.15) is 24.8 Å². The molecular weight excluding hydrogens is 306 g/mol. The highest BCUT2D eigenvalue weighted by Gasteiger charge is 2.38. The van der Waals surface area contributed by atoms with Gasteiger partial charge in [-0.25, -0.2) is 4.79 Å². The zero-order valence-electron chi connectivity index (χ0n) is 14.1. The van der Waals surface area contributed by atoms with Crippen molar-refractivity contribution in [3.8, 4) is 0 Å². The Morgan fingerprint density at radius 2 is 2.12 bits per heavy atom. The fourth-order valence-corrected chi connectivity index (χ4v) is 3.39. The number of benzene rings is 1. The van der Waals surface area contributed by atoms with Crippen LogP contribution < -0.4 is 0 Å². The first-order valence-corrected chi connectivity index (χ1v) is 8.53. The van der Waals surface area contributed by atoms with Crippen LogP contribution in [0.4, 0.5) is 4.79 Å². The van der Waals surface area contributed by atoms with E-state index in [0.717, 1.165) is 31.4 Å². The minimum Gasteiger partial charge on any atom is -0.445 e. The summed E-state index contributed by atoms with van der Waals surface area (Å²) in [6, 6.07) is 9.83. The quantitative estimate of drug-likeness (QED) is 0.593. The summed E-state index contributed by atoms with van der Waals surface area (Å²) in [7, 11) is 1.72. The first kappa shape index (κ1) is 17.0. The number of hydrogen-bond donors (Lipinski definition) is 0. The van der Waals surface area contributed by atoms with Gasteiger partial charge in [-0.15, -0.1) is 0 Å². The van der Waals surface area contributed by atoms with Gasteiger partial charge in [0.15, 0.2) is 0 Å². The zero-order valence-corrected chi connectivity index (χ0v) is 14.1. The molecule has 0 radical (unpaired) electrons. The number of ether oxygens (including phenoxy) is 3. The third-order valence-electron chi connectivity index (χ3n) is 4.54. The molecule has 5 heteroatoms. The second-order valence-electron chi connectivity index (χ2n) is 6.33. The smallest absolute Gasteiger partial charge is 0.411 e. The number of hydrogen-bond acceptors (Lipinski definition) is 4. The van der Waals surface area contributed by atoms with Gasteiger partial charge in [-0.2, -0.15) is 0 Å². The molecule has 0 aromatic heterocycles. The highest BCUT2D eigenvalue weighted by Crippen LogP contribution is 2.30. The Morgan fingerprint density at radius 3 is 2.88 bits per heavy atom. The standard InChI is InChI=1S/C19H25NO4/c1-22-9-5-8-16-10-17-13-23-14-18(11-16)20(17)19(21)24-12-15-6-3-2-4-7-15/h2-4,6-7,10,17-18H,5,8-9,11-14H2,1H3. The number of fused-ring (bicyclic) bond motifs is 2. The van der Waals surface area contributed by atoms with Gasteiger partial charge in [0.1, 0.15) is 6.61 Å². The van der Waals surface area contributed by atoms with Crippen molar-refractivity contribution in [2.45, 2.75) is 38.0 Å². The molecule has 1 amide bonds. The first-order chi connectivity index (χ1) is 11.8. The SMILES string of the molecule is COCCCC1=CC2COCC(C1)N2C(=O)OCc1ccccc1. The van der Waals surface area contributed by atoms with Gasteiger partial charge >= 0.3 is 6.09 Å². The molecule has 1 aromatic rings. The van der Waals surface area contributed by atoms with Crippen LogP contribution >= 0.6 is 0 Å². The van der Waals surface area contributed by atoms with Crippen molar-refractivity contribution in [3.05, 3.63) is 47.5 Å². The molecule has 2 aliphatic heterocycles. The van der Waals surface area contributed by atoms with E-state index >= 15 is 0 Å². The summed E-state index contributed by atoms with van der Waals surface area (Å²) in [5.74, 6) is 0. The van der Waals surface area contributed by atoms with Gasteiger partial charge in [0.25, 0.3) is 0 Å². The molecule has 2 atom stereocenters. The molecule has 24 heavy (non-hydrogen) atoms. The average Bonchev–Trinajstić information content (AvgIpc) is 2.60. The monoisotopic (exact) mass is 331 g/mol. The number of morpholine rings is 1. The lowest BCUT2D eigenvalue weighted by Crippen LogP contribution is -2.56. The van der Waals surface area contributed by atoms with Crippen LogP contribution in [0, 0.1) is 0 Å². The lowest BCUT2D eigenvalue weighted by Gasteiger charge is -2.43. The van der Waals surface area contributed by atoms with Crippen LogP contribution in [0.5, 0.6) is 0 Å². The number of methoxy groups -OCH3 is 1. The normalized spacial score (nSPS) is 22.9. The number of carbonyl (C=O) groups excluding carboxylic acids is 1. The second kappa shape index (κ2) is 8.31. The average molecular weight is 331 g/mol. The number of rotatable bonds is 6. The van der Waals surface area contributed by atoms with Crippen LogP contribution in [0.25, 0.3) is 0 Å². The number of amides is 1. The number of carbonyl (C=O) groups is 1. The van der Waals surface area contributed by atoms with Crippen LogP contribution in [0.15, 0.2) is 42.0 Å². The van der Waals surface area contributed by atoms with Gasteiger partial charge in [0, 0.05) is 13.7 Å². The molecule has 0 spiro atoms. The molecule has 130 valence electrons. The fourth-order valence-electron chi connectivity index (χ4n) is 3.39. The Balaban J connectivity index is 1.60. The van der Waals surface area contributed by atoms with E-state index in [1.54, 1.807) is 7.11 Å². The second-order valence-corrected chi connectivity index (χ2v) is 6.33. The van der Waals surface area contributed by atoms with Crippen molar-refractivity contribution in [1.29, 1.82) is 0 Å². The van der Waals surface area contributed by atoms with Gasteiger partial charge in [-0.05, 0) is 24.8 Å². The van der Waals surface area contributed by atoms with Gasteiger partial charge < -0.3 is 14.2 Å². The van der Waals surface area contributed by atoms with Crippen LogP contribution in [0.3, 0.4) is 0 Å². The maximum atomic E-state index is 12.6. The highest BCUT2D eigenvalue weighted by molar-refractivity contribution is 5.69. The lowest BCUT2D eigenvalue weighted by atomic mass is 9.92. The van der Waals surface area contributed by atoms with E-state index in [9.17, 15) is 4.79 Å². The van der Waals surface area contributed by atoms with Gasteiger partial charge in [0.05, 0.1) is 25.3 Å². The van der Waals surface area contributed by atoms with Crippen molar-refractivity contribution in [3.63, 3.8) is 0 Å². The van der Waals surface area contributed by atoms with E-state index < -0.39 is 0 Å². The summed E-state index contributed by atoms with van der Waals surface area (Å²) in [6.07, 6.45) is 4.83. The summed E-state index contributed by atoms with van der Waals surface area (Å²) in [5.41, 5.74) is 2.40. The molecule has 0 N–H and O–H groups in total. The minimum absolute atomic E-state index is 0.0154. The van der Waals surface area contributed by atoms with Crippen molar-refractivity contribution in [2.75, 3.05) is 26.9 Å². The fraction of sp³-hybridized carbons (Fsp3) is 0.526. The predicted molar refractivity (Wildman–Crippen MR) is 90.7 cm³/mol. The maximum Gasteiger partial charge on any atom is 0.411 e. The molecule has 2 unspecified atom stereocenters. The molecular formula is C19H25NO4. The molecule has 0 aliphatic carbocycles. The van der Waals surface area contributed by atoms with E-state index in [-0.39, 0.29) is 18.2 Å². The van der Waals surface area contributed by atoms with E-state index in [1.165, 1.54) is 5.57 Å². The van der Waals surface area contributed by atoms with Crippen molar-refractivity contribution >= 4 is 6.09 Å². The maximum absolute atomic E-state index is 12.6. The molecule has 1 fully saturated rings. The van der Waals surface area contributed by atoms with Gasteiger partial charge in [0.2, 0.25) is 0 Å². The molecule has 2 bridgehead atoms. The topological polar surface area (TPSA) is 48.0 Å². The van der Waals surface area contributed by atoms with Crippen LogP contribution in [-0.2, 0) is 20.8 Å². The highest BCUT2D eigenvalue weighted by atomic mass is 16.6. The van der Waals surface area contributed by atoms with Crippen molar-refractivity contribution in [2.24, 2.45) is 0 Å². The Labute approximate surface area is 143 Å². The van der Waals surface area contributed by atoms with E-state index in [0.29, 0.717) is 19.8 Å². The Morgan fingerprint density at radius 1 is 1.29 bits per heavy atom. The van der Waals surface area contributed by atoms with Crippen molar-refractivity contribution in [1.82, 2.24) is 4.90 Å². The Bertz CT molecular complexity index is 572. The summed E-state index contributed by atoms with van der Waals surface area (Å²) >= 11 is 0. The summed E-state index contributed by atoms with van der Waals surface area (Å²) < 4.78 is 16.3. The Kier molecular flexibility index (Phi) is 5.88. The lowest BCUT2D eigenvalue weighted by molar-refractivity contribution is -0.0376. The van der Waals surface area contributed by atoms with Crippen molar-refractivity contribution < 1.29 is 19.0 Å². The third kappa shape index (κ3) is 4.16. The molecule has 5 nitrogen and oxygen atoms in total. The number of nitrogens with zero attached hydrogens (tertiary/aromatic N) is 1. The van der Waals surface area contributed by atoms with Crippen LogP contribution in [-0.4, -0.2) is 50.0 Å². The molecule has 2 aliphatic rings. The van der Waals surface area contributed by atoms with Gasteiger partial charge in [-0.1, -0.05) is 42.0 Å². The third-order valence-corrected chi connectivity index (χ3v) is 4.54. The zero-order chi connectivity index (χ0) is 16.8. The van der Waals surface area contributed by atoms with E-state index in [1.807, 2.05) is 35.2 Å². The first-order valence-electron chi connectivity index (χ1n) is 8.53. The largest absolute Gasteiger partial charge is 0.445 e. The minimum atomic E-state index is -0.246. The molecule has 2 heterocycles. The molecule has 0 saturated carbocycles. The van der Waals surface area contributed by atoms with E-state index in [2.05, 4.69) is 6.08 Å². The van der Waals surface area contributed by atoms with Gasteiger partial charge in [-0.3, -0.25) is 4.90 Å². The summed E-state index contributed by atoms with van der Waals surface area (Å²) in [5, 5.41) is 0. The molecule has 3 rings (SSSR count). The van der Waals surface area contributed by atoms with E-state index in [4.69, 9.17) is 14.2 Å². The molecule has 1 aromatic carbocycles. The predicted octanol–water partition coefficient (Wildman–Crippen LogP) is 3.15. The van der Waals surface area contributed by atoms with Crippen LogP contribution in [0.2, 0.25) is 0 Å². The molecule has 1 saturated heterocycles. The Hall–Kier alpha value is -1.85.